The number of aromatic nitrogens is 5. The summed E-state index contributed by atoms with van der Waals surface area (Å²) in [6.45, 7) is 2.06. The van der Waals surface area contributed by atoms with Crippen molar-refractivity contribution in [1.29, 1.82) is 0 Å². The molecule has 0 radical (unpaired) electrons. The Balaban J connectivity index is 0.000000786. The van der Waals surface area contributed by atoms with E-state index >= 15 is 0 Å². The van der Waals surface area contributed by atoms with E-state index in [0.29, 0.717) is 33.9 Å². The molecule has 12 nitrogen and oxygen atoms in total. The summed E-state index contributed by atoms with van der Waals surface area (Å²) in [5, 5.41) is 22.1. The van der Waals surface area contributed by atoms with Crippen LogP contribution in [0.2, 0.25) is 0 Å². The molecule has 0 amide bonds. The number of nitrogens with zero attached hydrogens (tertiary/aromatic N) is 6. The molecule has 0 fully saturated rings. The molecule has 0 unspecified atom stereocenters. The van der Waals surface area contributed by atoms with Crippen LogP contribution in [0.25, 0.3) is 32.8 Å². The Kier molecular flexibility index (Phi) is 8.58. The predicted octanol–water partition coefficient (Wildman–Crippen LogP) is 3.69. The van der Waals surface area contributed by atoms with E-state index in [9.17, 15) is 0 Å². The van der Waals surface area contributed by atoms with Crippen molar-refractivity contribution in [2.75, 3.05) is 21.3 Å². The molecule has 0 aliphatic carbocycles. The van der Waals surface area contributed by atoms with Crippen LogP contribution in [0.1, 0.15) is 4.88 Å². The molecule has 38 heavy (non-hydrogen) atoms. The van der Waals surface area contributed by atoms with Gasteiger partial charge in [-0.05, 0) is 33.1 Å². The van der Waals surface area contributed by atoms with Crippen molar-refractivity contribution in [2.45, 2.75) is 6.92 Å². The van der Waals surface area contributed by atoms with Crippen LogP contribution >= 0.6 is 22.7 Å². The van der Waals surface area contributed by atoms with Crippen molar-refractivity contribution in [3.8, 4) is 50.0 Å². The minimum Gasteiger partial charge on any atom is -0.635 e. The second-order valence-electron chi connectivity index (χ2n) is 7.38. The zero-order valence-electron chi connectivity index (χ0n) is 20.7. The van der Waals surface area contributed by atoms with E-state index in [2.05, 4.69) is 24.0 Å². The third-order valence-corrected chi connectivity index (χ3v) is 7.02. The molecule has 5 aromatic rings. The van der Waals surface area contributed by atoms with Crippen LogP contribution in [0.4, 0.5) is 0 Å². The first-order valence-corrected chi connectivity index (χ1v) is 12.6. The number of tetrazole rings is 1. The Hall–Kier alpha value is -4.40. The van der Waals surface area contributed by atoms with Gasteiger partial charge in [-0.25, -0.2) is 0 Å². The van der Waals surface area contributed by atoms with Crippen LogP contribution < -0.4 is 24.3 Å². The zero-order chi connectivity index (χ0) is 27.1. The van der Waals surface area contributed by atoms with Gasteiger partial charge in [0.2, 0.25) is 5.75 Å². The number of methoxy groups -OCH3 is 3. The number of thiazole rings is 1. The number of ether oxygens (including phenoxy) is 3. The summed E-state index contributed by atoms with van der Waals surface area (Å²) in [5.74, 6) is 2.15. The fraction of sp³-hybridized carbons (Fsp3) is 0.167. The van der Waals surface area contributed by atoms with E-state index < -0.39 is 0 Å². The Morgan fingerprint density at radius 3 is 2.24 bits per heavy atom. The molecule has 196 valence electrons. The molecule has 0 N–H and O–H groups in total. The first kappa shape index (κ1) is 26.7. The Morgan fingerprint density at radius 2 is 1.68 bits per heavy atom. The number of hydrogen-bond acceptors (Lipinski definition) is 12. The third kappa shape index (κ3) is 5.46. The standard InChI is InChI=1S/C24H22N5O3S2.HNO3/c1-15-21(16-9-6-5-7-10-16)25-24(34-15)29-27-23(20-11-8-12-33-20)26-28(29)17-13-18(30-2)22(32-4)19(14-17)31-3;2-1-4-3/h5-14H,1-4H3;3H/q+1;/p-1. The maximum atomic E-state index is 8.39. The normalized spacial score (nSPS) is 10.3. The molecule has 0 spiro atoms. The van der Waals surface area contributed by atoms with Crippen molar-refractivity contribution >= 4 is 22.7 Å². The third-order valence-electron chi connectivity index (χ3n) is 5.21. The molecule has 2 aromatic carbocycles. The van der Waals surface area contributed by atoms with E-state index in [4.69, 9.17) is 39.6 Å². The second kappa shape index (κ2) is 12.2. The van der Waals surface area contributed by atoms with E-state index in [0.717, 1.165) is 21.0 Å². The lowest BCUT2D eigenvalue weighted by atomic mass is 10.1. The van der Waals surface area contributed by atoms with E-state index in [1.165, 1.54) is 5.34 Å². The molecule has 0 saturated carbocycles. The number of rotatable bonds is 8. The molecule has 0 atom stereocenters. The molecule has 0 saturated heterocycles. The average molecular weight is 555 g/mol. The van der Waals surface area contributed by atoms with E-state index in [1.54, 1.807) is 53.6 Å². The largest absolute Gasteiger partial charge is 0.635 e. The van der Waals surface area contributed by atoms with Crippen LogP contribution in [-0.2, 0) is 4.99 Å². The van der Waals surface area contributed by atoms with Gasteiger partial charge in [0.25, 0.3) is 0 Å². The van der Waals surface area contributed by atoms with Gasteiger partial charge in [0.15, 0.2) is 17.2 Å². The summed E-state index contributed by atoms with van der Waals surface area (Å²) < 4.78 is 16.6. The first-order valence-electron chi connectivity index (χ1n) is 10.9. The highest BCUT2D eigenvalue weighted by molar-refractivity contribution is 7.14. The minimum absolute atomic E-state index is 0.510. The van der Waals surface area contributed by atoms with Gasteiger partial charge in [-0.1, -0.05) is 52.7 Å². The molecule has 3 heterocycles. The molecule has 0 aliphatic rings. The molecule has 0 aliphatic heterocycles. The van der Waals surface area contributed by atoms with Crippen LogP contribution in [-0.4, -0.2) is 41.3 Å². The molecular formula is C24H22N6O6S2. The summed E-state index contributed by atoms with van der Waals surface area (Å²) in [6, 6.07) is 17.8. The fourth-order valence-corrected chi connectivity index (χ4v) is 5.11. The molecule has 14 heteroatoms. The Labute approximate surface area is 225 Å². The number of aryl methyl sites for hydroxylation is 1. The van der Waals surface area contributed by atoms with Gasteiger partial charge in [0.05, 0.1) is 31.1 Å². The van der Waals surface area contributed by atoms with Crippen molar-refractivity contribution in [3.63, 3.8) is 0 Å². The fourth-order valence-electron chi connectivity index (χ4n) is 3.59. The van der Waals surface area contributed by atoms with Crippen molar-refractivity contribution in [3.05, 3.63) is 69.8 Å². The van der Waals surface area contributed by atoms with Gasteiger partial charge in [0.1, 0.15) is 11.0 Å². The smallest absolute Gasteiger partial charge is 0.365 e. The lowest BCUT2D eigenvalue weighted by Crippen LogP contribution is -2.43. The predicted molar refractivity (Wildman–Crippen MR) is 139 cm³/mol. The monoisotopic (exact) mass is 554 g/mol. The van der Waals surface area contributed by atoms with Crippen LogP contribution in [0, 0.1) is 11.8 Å². The van der Waals surface area contributed by atoms with Gasteiger partial charge in [-0.3, -0.25) is 0 Å². The van der Waals surface area contributed by atoms with Crippen molar-refractivity contribution < 1.29 is 29.3 Å². The number of hydrogen-bond donors (Lipinski definition) is 0. The van der Waals surface area contributed by atoms with E-state index in [-0.39, 0.29) is 0 Å². The lowest BCUT2D eigenvalue weighted by Gasteiger charge is -2.13. The topological polar surface area (TPSA) is 137 Å². The Morgan fingerprint density at radius 1 is 1.00 bits per heavy atom. The van der Waals surface area contributed by atoms with Crippen LogP contribution in [0.3, 0.4) is 0 Å². The summed E-state index contributed by atoms with van der Waals surface area (Å²) in [4.78, 5) is 21.1. The highest BCUT2D eigenvalue weighted by Gasteiger charge is 2.28. The zero-order valence-corrected chi connectivity index (χ0v) is 22.4. The van der Waals surface area contributed by atoms with Gasteiger partial charge in [0, 0.05) is 22.8 Å². The molecule has 0 bridgehead atoms. The number of thiophene rings is 1. The van der Waals surface area contributed by atoms with E-state index in [1.807, 2.05) is 47.8 Å². The quantitative estimate of drug-likeness (QED) is 0.122. The van der Waals surface area contributed by atoms with Crippen molar-refractivity contribution in [2.24, 2.45) is 5.34 Å². The van der Waals surface area contributed by atoms with Crippen LogP contribution in [0.15, 0.2) is 65.3 Å². The summed E-state index contributed by atoms with van der Waals surface area (Å²) in [5.41, 5.74) is 2.67. The molecule has 5 rings (SSSR count). The van der Waals surface area contributed by atoms with Gasteiger partial charge in [-0.15, -0.1) is 16.2 Å². The molecular weight excluding hydrogens is 532 g/mol. The van der Waals surface area contributed by atoms with Crippen molar-refractivity contribution in [1.82, 2.24) is 20.0 Å². The average Bonchev–Trinajstić information content (AvgIpc) is 3.72. The highest BCUT2D eigenvalue weighted by Crippen LogP contribution is 2.39. The first-order chi connectivity index (χ1) is 18.5. The SMILES string of the molecule is COc1cc(-n2nc(-c3cccs3)n[n+]2-c2nc(-c3ccccc3)c(C)s2)cc(OC)c1OC.O=NO[O-]. The second-order valence-corrected chi connectivity index (χ2v) is 9.51. The summed E-state index contributed by atoms with van der Waals surface area (Å²) >= 11 is 3.13. The van der Waals surface area contributed by atoms with Crippen LogP contribution in [0.5, 0.6) is 17.2 Å². The molecule has 3 aromatic heterocycles. The lowest BCUT2D eigenvalue weighted by molar-refractivity contribution is -0.734. The summed E-state index contributed by atoms with van der Waals surface area (Å²) in [6.07, 6.45) is 0. The summed E-state index contributed by atoms with van der Waals surface area (Å²) in [7, 11) is 4.75. The van der Waals surface area contributed by atoms with Gasteiger partial charge < -0.3 is 24.5 Å². The van der Waals surface area contributed by atoms with Gasteiger partial charge in [-0.2, -0.15) is 0 Å². The Bertz CT molecular complexity index is 1480. The number of benzene rings is 2. The van der Waals surface area contributed by atoms with Gasteiger partial charge >= 0.3 is 11.0 Å². The maximum Gasteiger partial charge on any atom is 0.365 e. The minimum atomic E-state index is 0.510. The highest BCUT2D eigenvalue weighted by atomic mass is 32.1. The maximum absolute atomic E-state index is 8.39.